The van der Waals surface area contributed by atoms with Crippen LogP contribution >= 0.6 is 0 Å². The number of hydrogen-bond acceptors (Lipinski definition) is 6. The number of fused-ring (bicyclic) bond motifs is 2. The minimum absolute atomic E-state index is 0.220. The van der Waals surface area contributed by atoms with Crippen LogP contribution in [0, 0.1) is 12.7 Å². The maximum Gasteiger partial charge on any atom is 0.178 e. The zero-order valence-electron chi connectivity index (χ0n) is 16.8. The van der Waals surface area contributed by atoms with Crippen LogP contribution in [-0.4, -0.2) is 40.1 Å². The Morgan fingerprint density at radius 2 is 1.69 bits per heavy atom. The number of H-pyrrole nitrogens is 2. The highest BCUT2D eigenvalue weighted by molar-refractivity contribution is 5.97. The second-order valence-corrected chi connectivity index (χ2v) is 7.35. The first-order chi connectivity index (χ1) is 15.7. The van der Waals surface area contributed by atoms with Gasteiger partial charge in [-0.3, -0.25) is 20.1 Å². The van der Waals surface area contributed by atoms with Gasteiger partial charge >= 0.3 is 0 Å². The molecule has 6 aromatic rings. The van der Waals surface area contributed by atoms with E-state index >= 15 is 4.39 Å². The van der Waals surface area contributed by atoms with Crippen LogP contribution in [0.1, 0.15) is 5.56 Å². The topological polar surface area (TPSA) is 109 Å². The number of hydrogen-bond donors (Lipinski definition) is 2. The third-order valence-corrected chi connectivity index (χ3v) is 5.45. The summed E-state index contributed by atoms with van der Waals surface area (Å²) < 4.78 is 15.7. The Morgan fingerprint density at radius 3 is 2.53 bits per heavy atom. The van der Waals surface area contributed by atoms with Crippen LogP contribution in [0.15, 0.2) is 61.4 Å². The van der Waals surface area contributed by atoms with Crippen molar-refractivity contribution in [3.63, 3.8) is 0 Å². The lowest BCUT2D eigenvalue weighted by Gasteiger charge is -2.06. The fourth-order valence-electron chi connectivity index (χ4n) is 3.84. The average Bonchev–Trinajstić information content (AvgIpc) is 3.45. The van der Waals surface area contributed by atoms with Crippen molar-refractivity contribution in [3.8, 4) is 33.9 Å². The van der Waals surface area contributed by atoms with E-state index in [0.717, 1.165) is 22.2 Å². The van der Waals surface area contributed by atoms with E-state index in [4.69, 9.17) is 0 Å². The largest absolute Gasteiger partial charge is 0.335 e. The van der Waals surface area contributed by atoms with E-state index in [0.29, 0.717) is 33.6 Å². The van der Waals surface area contributed by atoms with Crippen LogP contribution < -0.4 is 0 Å². The van der Waals surface area contributed by atoms with Crippen molar-refractivity contribution >= 4 is 22.1 Å². The Kier molecular flexibility index (Phi) is 4.00. The molecule has 6 aromatic heterocycles. The third-order valence-electron chi connectivity index (χ3n) is 5.45. The van der Waals surface area contributed by atoms with Crippen molar-refractivity contribution in [3.05, 3.63) is 72.8 Å². The Hall–Kier alpha value is -4.53. The van der Waals surface area contributed by atoms with Crippen molar-refractivity contribution in [1.82, 2.24) is 40.1 Å². The Labute approximate surface area is 180 Å². The summed E-state index contributed by atoms with van der Waals surface area (Å²) in [5.74, 6) is -0.0654. The van der Waals surface area contributed by atoms with Crippen LogP contribution in [0.4, 0.5) is 4.39 Å². The highest BCUT2D eigenvalue weighted by Gasteiger charge is 2.21. The lowest BCUT2D eigenvalue weighted by molar-refractivity contribution is 0.638. The SMILES string of the molecule is Cc1ccncc1-c1ncc2[nH]nc(-c3nc4nccc(-c5ccncc5)c4[nH]3)c2c1F. The molecule has 6 heterocycles. The molecular formula is C23H15FN8. The Morgan fingerprint density at radius 1 is 0.844 bits per heavy atom. The molecule has 6 rings (SSSR count). The molecule has 8 nitrogen and oxygen atoms in total. The molecule has 32 heavy (non-hydrogen) atoms. The summed E-state index contributed by atoms with van der Waals surface area (Å²) in [6, 6.07) is 7.54. The van der Waals surface area contributed by atoms with Crippen LogP contribution in [-0.2, 0) is 0 Å². The predicted molar refractivity (Wildman–Crippen MR) is 118 cm³/mol. The second kappa shape index (κ2) is 7.02. The van der Waals surface area contributed by atoms with Crippen LogP contribution in [0.3, 0.4) is 0 Å². The number of nitrogens with one attached hydrogen (secondary N) is 2. The number of aromatic nitrogens is 8. The van der Waals surface area contributed by atoms with E-state index in [1.807, 2.05) is 31.2 Å². The van der Waals surface area contributed by atoms with E-state index in [1.54, 1.807) is 37.2 Å². The number of imidazole rings is 1. The van der Waals surface area contributed by atoms with Gasteiger partial charge in [-0.15, -0.1) is 0 Å². The zero-order chi connectivity index (χ0) is 21.7. The smallest absolute Gasteiger partial charge is 0.178 e. The standard InChI is InChI=1S/C23H15FN8/c1-12-2-6-26-10-15(12)19-18(24)17-16(11-28-19)31-32-21(17)23-29-20-14(5-9-27-22(20)30-23)13-3-7-25-8-4-13/h2-11H,1H3,(H,31,32)(H,27,29,30). The first kappa shape index (κ1) is 18.3. The number of nitrogens with zero attached hydrogens (tertiary/aromatic N) is 6. The summed E-state index contributed by atoms with van der Waals surface area (Å²) in [5.41, 5.74) is 5.72. The first-order valence-corrected chi connectivity index (χ1v) is 9.90. The molecule has 0 radical (unpaired) electrons. The maximum absolute atomic E-state index is 15.7. The molecule has 0 bridgehead atoms. The van der Waals surface area contributed by atoms with Gasteiger partial charge in [-0.1, -0.05) is 0 Å². The fraction of sp³-hybridized carbons (Fsp3) is 0.0435. The van der Waals surface area contributed by atoms with Gasteiger partial charge in [-0.25, -0.2) is 14.4 Å². The molecule has 154 valence electrons. The number of aromatic amines is 2. The monoisotopic (exact) mass is 422 g/mol. The lowest BCUT2D eigenvalue weighted by atomic mass is 10.1. The predicted octanol–water partition coefficient (Wildman–Crippen LogP) is 4.47. The summed E-state index contributed by atoms with van der Waals surface area (Å²) >= 11 is 0. The molecule has 0 unspecified atom stereocenters. The quantitative estimate of drug-likeness (QED) is 0.436. The summed E-state index contributed by atoms with van der Waals surface area (Å²) in [6.07, 6.45) is 9.99. The van der Waals surface area contributed by atoms with Crippen LogP contribution in [0.5, 0.6) is 0 Å². The minimum atomic E-state index is -0.481. The van der Waals surface area contributed by atoms with E-state index in [2.05, 4.69) is 40.1 Å². The molecule has 0 aliphatic heterocycles. The van der Waals surface area contributed by atoms with Gasteiger partial charge in [0.2, 0.25) is 0 Å². The number of halogens is 1. The molecule has 0 amide bonds. The number of aryl methyl sites for hydroxylation is 1. The number of rotatable bonds is 3. The second-order valence-electron chi connectivity index (χ2n) is 7.35. The Bertz CT molecular complexity index is 1600. The molecule has 0 aliphatic carbocycles. The average molecular weight is 422 g/mol. The van der Waals surface area contributed by atoms with Crippen molar-refractivity contribution in [2.75, 3.05) is 0 Å². The van der Waals surface area contributed by atoms with Gasteiger partial charge in [-0.05, 0) is 42.3 Å². The summed E-state index contributed by atoms with van der Waals surface area (Å²) in [7, 11) is 0. The van der Waals surface area contributed by atoms with E-state index in [1.165, 1.54) is 0 Å². The molecule has 0 aromatic carbocycles. The summed E-state index contributed by atoms with van der Waals surface area (Å²) in [6.45, 7) is 1.89. The van der Waals surface area contributed by atoms with E-state index in [9.17, 15) is 0 Å². The van der Waals surface area contributed by atoms with Crippen molar-refractivity contribution in [2.24, 2.45) is 0 Å². The molecule has 0 aliphatic rings. The zero-order valence-corrected chi connectivity index (χ0v) is 16.8. The molecule has 0 spiro atoms. The van der Waals surface area contributed by atoms with E-state index < -0.39 is 5.82 Å². The van der Waals surface area contributed by atoms with E-state index in [-0.39, 0.29) is 5.69 Å². The third kappa shape index (κ3) is 2.75. The maximum atomic E-state index is 15.7. The van der Waals surface area contributed by atoms with Gasteiger partial charge in [0.1, 0.15) is 11.4 Å². The van der Waals surface area contributed by atoms with Crippen LogP contribution in [0.25, 0.3) is 56.0 Å². The van der Waals surface area contributed by atoms with Crippen LogP contribution in [0.2, 0.25) is 0 Å². The molecule has 2 N–H and O–H groups in total. The van der Waals surface area contributed by atoms with Gasteiger partial charge in [-0.2, -0.15) is 5.10 Å². The highest BCUT2D eigenvalue weighted by Crippen LogP contribution is 2.34. The first-order valence-electron chi connectivity index (χ1n) is 9.90. The van der Waals surface area contributed by atoms with Gasteiger partial charge < -0.3 is 4.98 Å². The number of pyridine rings is 4. The van der Waals surface area contributed by atoms with Gasteiger partial charge in [0.15, 0.2) is 17.3 Å². The van der Waals surface area contributed by atoms with Crippen molar-refractivity contribution in [2.45, 2.75) is 6.92 Å². The molecule has 0 fully saturated rings. The highest BCUT2D eigenvalue weighted by atomic mass is 19.1. The van der Waals surface area contributed by atoms with Gasteiger partial charge in [0.05, 0.1) is 22.6 Å². The minimum Gasteiger partial charge on any atom is -0.335 e. The summed E-state index contributed by atoms with van der Waals surface area (Å²) in [5, 5.41) is 7.49. The normalized spacial score (nSPS) is 11.4. The lowest BCUT2D eigenvalue weighted by Crippen LogP contribution is -1.94. The molecule has 0 saturated carbocycles. The molecular weight excluding hydrogens is 407 g/mol. The molecule has 0 saturated heterocycles. The fourth-order valence-corrected chi connectivity index (χ4v) is 3.84. The molecule has 9 heteroatoms. The van der Waals surface area contributed by atoms with Crippen molar-refractivity contribution in [1.29, 1.82) is 0 Å². The van der Waals surface area contributed by atoms with Gasteiger partial charge in [0.25, 0.3) is 0 Å². The summed E-state index contributed by atoms with van der Waals surface area (Å²) in [4.78, 5) is 24.7. The molecule has 0 atom stereocenters. The Balaban J connectivity index is 1.56. The van der Waals surface area contributed by atoms with Gasteiger partial charge in [0, 0.05) is 42.1 Å². The van der Waals surface area contributed by atoms with Crippen molar-refractivity contribution < 1.29 is 4.39 Å².